The van der Waals surface area contributed by atoms with Gasteiger partial charge in [0.25, 0.3) is 0 Å². The highest BCUT2D eigenvalue weighted by atomic mass is 16.5. The SMILES string of the molecule is Cc1nc(N2CCN(C(=O)C3(c4ccccc4)CCOCC3)CC2)cc(-n2cccn2)n1. The third-order valence-electron chi connectivity index (χ3n) is 6.52. The zero-order valence-corrected chi connectivity index (χ0v) is 18.4. The van der Waals surface area contributed by atoms with Crippen LogP contribution in [0.15, 0.2) is 54.9 Å². The number of piperazine rings is 1. The van der Waals surface area contributed by atoms with Crippen molar-refractivity contribution < 1.29 is 9.53 Å². The quantitative estimate of drug-likeness (QED) is 0.630. The smallest absolute Gasteiger partial charge is 0.233 e. The number of benzene rings is 1. The minimum atomic E-state index is -0.486. The number of rotatable bonds is 4. The Labute approximate surface area is 187 Å². The molecule has 0 radical (unpaired) electrons. The van der Waals surface area contributed by atoms with E-state index in [1.807, 2.05) is 48.4 Å². The average molecular weight is 433 g/mol. The van der Waals surface area contributed by atoms with Crippen LogP contribution in [0, 0.1) is 6.92 Å². The number of hydrogen-bond acceptors (Lipinski definition) is 6. The van der Waals surface area contributed by atoms with Crippen LogP contribution >= 0.6 is 0 Å². The third-order valence-corrected chi connectivity index (χ3v) is 6.52. The van der Waals surface area contributed by atoms with Crippen LogP contribution in [0.5, 0.6) is 0 Å². The summed E-state index contributed by atoms with van der Waals surface area (Å²) in [6.45, 7) is 5.96. The summed E-state index contributed by atoms with van der Waals surface area (Å²) in [5, 5.41) is 4.28. The Balaban J connectivity index is 1.33. The van der Waals surface area contributed by atoms with Crippen LogP contribution in [0.3, 0.4) is 0 Å². The lowest BCUT2D eigenvalue weighted by Crippen LogP contribution is -2.56. The van der Waals surface area contributed by atoms with Gasteiger partial charge < -0.3 is 14.5 Å². The van der Waals surface area contributed by atoms with E-state index in [0.717, 1.165) is 43.1 Å². The van der Waals surface area contributed by atoms with Gasteiger partial charge in [-0.05, 0) is 31.4 Å². The van der Waals surface area contributed by atoms with Gasteiger partial charge in [-0.15, -0.1) is 0 Å². The fraction of sp³-hybridized carbons (Fsp3) is 0.417. The van der Waals surface area contributed by atoms with Crippen molar-refractivity contribution in [2.75, 3.05) is 44.3 Å². The topological polar surface area (TPSA) is 76.4 Å². The molecule has 1 aromatic carbocycles. The molecule has 2 aliphatic heterocycles. The van der Waals surface area contributed by atoms with Crippen molar-refractivity contribution in [2.45, 2.75) is 25.2 Å². The van der Waals surface area contributed by atoms with Crippen molar-refractivity contribution in [3.63, 3.8) is 0 Å². The normalized spacial score (nSPS) is 18.5. The lowest BCUT2D eigenvalue weighted by molar-refractivity contribution is -0.141. The molecular formula is C24H28N6O2. The van der Waals surface area contributed by atoms with Gasteiger partial charge in [0.05, 0.1) is 5.41 Å². The van der Waals surface area contributed by atoms with Crippen LogP contribution in [0.1, 0.15) is 24.2 Å². The molecule has 2 saturated heterocycles. The first-order chi connectivity index (χ1) is 15.7. The third kappa shape index (κ3) is 3.86. The van der Waals surface area contributed by atoms with Gasteiger partial charge in [0.2, 0.25) is 5.91 Å². The Morgan fingerprint density at radius 1 is 0.969 bits per heavy atom. The van der Waals surface area contributed by atoms with Crippen molar-refractivity contribution in [3.8, 4) is 5.82 Å². The maximum absolute atomic E-state index is 13.8. The monoisotopic (exact) mass is 432 g/mol. The number of ether oxygens (including phenoxy) is 1. The molecule has 3 aromatic rings. The zero-order chi connectivity index (χ0) is 22.0. The van der Waals surface area contributed by atoms with Crippen molar-refractivity contribution in [1.29, 1.82) is 0 Å². The summed E-state index contributed by atoms with van der Waals surface area (Å²) in [5.74, 6) is 2.56. The number of nitrogens with zero attached hydrogens (tertiary/aromatic N) is 6. The summed E-state index contributed by atoms with van der Waals surface area (Å²) in [5.41, 5.74) is 0.617. The van der Waals surface area contributed by atoms with Crippen LogP contribution in [-0.4, -0.2) is 69.9 Å². The predicted molar refractivity (Wildman–Crippen MR) is 121 cm³/mol. The first-order valence-electron chi connectivity index (χ1n) is 11.2. The molecule has 8 heteroatoms. The van der Waals surface area contributed by atoms with E-state index in [1.165, 1.54) is 0 Å². The molecule has 4 heterocycles. The van der Waals surface area contributed by atoms with Gasteiger partial charge >= 0.3 is 0 Å². The first kappa shape index (κ1) is 20.6. The minimum absolute atomic E-state index is 0.225. The predicted octanol–water partition coefficient (Wildman–Crippen LogP) is 2.37. The molecule has 8 nitrogen and oxygen atoms in total. The van der Waals surface area contributed by atoms with Crippen molar-refractivity contribution in [3.05, 3.63) is 66.2 Å². The molecule has 1 amide bonds. The number of aryl methyl sites for hydroxylation is 1. The molecule has 166 valence electrons. The van der Waals surface area contributed by atoms with E-state index >= 15 is 0 Å². The largest absolute Gasteiger partial charge is 0.381 e. The van der Waals surface area contributed by atoms with Gasteiger partial charge in [0.15, 0.2) is 5.82 Å². The Hall–Kier alpha value is -3.26. The number of anilines is 1. The van der Waals surface area contributed by atoms with Crippen LogP contribution in [0.25, 0.3) is 5.82 Å². The van der Waals surface area contributed by atoms with Crippen molar-refractivity contribution >= 4 is 11.7 Å². The Morgan fingerprint density at radius 2 is 1.69 bits per heavy atom. The van der Waals surface area contributed by atoms with Gasteiger partial charge in [-0.2, -0.15) is 5.10 Å². The number of aromatic nitrogens is 4. The molecule has 2 aromatic heterocycles. The Bertz CT molecular complexity index is 1060. The molecule has 0 spiro atoms. The Morgan fingerprint density at radius 3 is 2.38 bits per heavy atom. The summed E-state index contributed by atoms with van der Waals surface area (Å²) in [4.78, 5) is 27.2. The number of amides is 1. The highest BCUT2D eigenvalue weighted by molar-refractivity contribution is 5.88. The summed E-state index contributed by atoms with van der Waals surface area (Å²) in [6, 6.07) is 14.0. The summed E-state index contributed by atoms with van der Waals surface area (Å²) in [7, 11) is 0. The van der Waals surface area contributed by atoms with E-state index in [0.29, 0.717) is 32.1 Å². The minimum Gasteiger partial charge on any atom is -0.381 e. The van der Waals surface area contributed by atoms with Gasteiger partial charge in [0, 0.05) is 57.9 Å². The van der Waals surface area contributed by atoms with Gasteiger partial charge in [0.1, 0.15) is 11.6 Å². The summed E-state index contributed by atoms with van der Waals surface area (Å²) >= 11 is 0. The Kier molecular flexibility index (Phi) is 5.61. The van der Waals surface area contributed by atoms with E-state index in [4.69, 9.17) is 4.74 Å². The zero-order valence-electron chi connectivity index (χ0n) is 18.4. The molecule has 0 unspecified atom stereocenters. The molecular weight excluding hydrogens is 404 g/mol. The van der Waals surface area contributed by atoms with Crippen molar-refractivity contribution in [2.24, 2.45) is 0 Å². The van der Waals surface area contributed by atoms with Crippen LogP contribution < -0.4 is 4.90 Å². The maximum atomic E-state index is 13.8. The highest BCUT2D eigenvalue weighted by Gasteiger charge is 2.44. The summed E-state index contributed by atoms with van der Waals surface area (Å²) < 4.78 is 7.35. The molecule has 0 atom stereocenters. The molecule has 0 bridgehead atoms. The molecule has 0 N–H and O–H groups in total. The lowest BCUT2D eigenvalue weighted by Gasteiger charge is -2.43. The fourth-order valence-electron chi connectivity index (χ4n) is 4.76. The molecule has 0 aliphatic carbocycles. The van der Waals surface area contributed by atoms with Crippen LogP contribution in [-0.2, 0) is 14.9 Å². The lowest BCUT2D eigenvalue weighted by atomic mass is 9.73. The van der Waals surface area contributed by atoms with Gasteiger partial charge in [-0.25, -0.2) is 14.6 Å². The van der Waals surface area contributed by atoms with Crippen LogP contribution in [0.4, 0.5) is 5.82 Å². The second-order valence-electron chi connectivity index (χ2n) is 8.42. The second kappa shape index (κ2) is 8.70. The van der Waals surface area contributed by atoms with E-state index in [-0.39, 0.29) is 5.91 Å². The molecule has 0 saturated carbocycles. The summed E-state index contributed by atoms with van der Waals surface area (Å²) in [6.07, 6.45) is 5.07. The average Bonchev–Trinajstić information content (AvgIpc) is 3.40. The van der Waals surface area contributed by atoms with Gasteiger partial charge in [-0.3, -0.25) is 4.79 Å². The number of carbonyl (C=O) groups is 1. The highest BCUT2D eigenvalue weighted by Crippen LogP contribution is 2.37. The van der Waals surface area contributed by atoms with Crippen LogP contribution in [0.2, 0.25) is 0 Å². The molecule has 32 heavy (non-hydrogen) atoms. The van der Waals surface area contributed by atoms with E-state index < -0.39 is 5.41 Å². The molecule has 5 rings (SSSR count). The number of hydrogen-bond donors (Lipinski definition) is 0. The van der Waals surface area contributed by atoms with E-state index in [9.17, 15) is 4.79 Å². The van der Waals surface area contributed by atoms with E-state index in [2.05, 4.69) is 32.1 Å². The second-order valence-corrected chi connectivity index (χ2v) is 8.42. The standard InChI is InChI=1S/C24H28N6O2/c1-19-26-21(18-22(27-19)30-11-5-10-25-30)28-12-14-29(15-13-28)23(31)24(8-16-32-17-9-24)20-6-3-2-4-7-20/h2-7,10-11,18H,8-9,12-17H2,1H3. The first-order valence-corrected chi connectivity index (χ1v) is 11.2. The molecule has 2 aliphatic rings. The fourth-order valence-corrected chi connectivity index (χ4v) is 4.76. The van der Waals surface area contributed by atoms with Gasteiger partial charge in [-0.1, -0.05) is 30.3 Å². The van der Waals surface area contributed by atoms with E-state index in [1.54, 1.807) is 10.9 Å². The van der Waals surface area contributed by atoms with Crippen molar-refractivity contribution in [1.82, 2.24) is 24.6 Å². The molecule has 2 fully saturated rings. The maximum Gasteiger partial charge on any atom is 0.233 e. The number of carbonyl (C=O) groups excluding carboxylic acids is 1.